The molecular weight excluding hydrogens is 284 g/mol. The zero-order chi connectivity index (χ0) is 13.4. The Kier molecular flexibility index (Phi) is 3.12. The Hall–Kier alpha value is -1.66. The lowest BCUT2D eigenvalue weighted by Crippen LogP contribution is -2.42. The third-order valence-electron chi connectivity index (χ3n) is 3.07. The van der Waals surface area contributed by atoms with Gasteiger partial charge in [0.2, 0.25) is 9.47 Å². The molecule has 5 nitrogen and oxygen atoms in total. The van der Waals surface area contributed by atoms with E-state index in [2.05, 4.69) is 15.1 Å². The third kappa shape index (κ3) is 2.17. The Morgan fingerprint density at radius 2 is 2.00 bits per heavy atom. The van der Waals surface area contributed by atoms with Crippen LogP contribution in [-0.2, 0) is 0 Å². The molecule has 7 heteroatoms. The summed E-state index contributed by atoms with van der Waals surface area (Å²) in [6.45, 7) is 1.42. The summed E-state index contributed by atoms with van der Waals surface area (Å²) in [7, 11) is 2.02. The number of amides is 1. The number of carbonyl (C=O) groups is 1. The molecule has 0 bridgehead atoms. The second-order valence-corrected chi connectivity index (χ2v) is 5.79. The Morgan fingerprint density at radius 1 is 1.26 bits per heavy atom. The molecule has 0 saturated carbocycles. The van der Waals surface area contributed by atoms with Crippen molar-refractivity contribution in [2.45, 2.75) is 0 Å². The minimum atomic E-state index is -0.148. The van der Waals surface area contributed by atoms with Crippen molar-refractivity contribution in [3.63, 3.8) is 0 Å². The van der Waals surface area contributed by atoms with E-state index in [9.17, 15) is 4.79 Å². The van der Waals surface area contributed by atoms with Gasteiger partial charge < -0.3 is 9.80 Å². The van der Waals surface area contributed by atoms with E-state index in [4.69, 9.17) is 11.6 Å². The summed E-state index contributed by atoms with van der Waals surface area (Å²) >= 11 is 6.84. The Bertz CT molecular complexity index is 630. The molecule has 0 radical (unpaired) electrons. The van der Waals surface area contributed by atoms with Gasteiger partial charge in [-0.25, -0.2) is 0 Å². The highest BCUT2D eigenvalue weighted by Gasteiger charge is 2.27. The fraction of sp³-hybridized carbons (Fsp3) is 0.250. The summed E-state index contributed by atoms with van der Waals surface area (Å²) in [6, 6.07) is 7.82. The number of para-hydroxylation sites is 2. The van der Waals surface area contributed by atoms with E-state index in [0.29, 0.717) is 11.6 Å². The number of nitrogens with zero attached hydrogens (tertiary/aromatic N) is 4. The van der Waals surface area contributed by atoms with E-state index in [1.165, 1.54) is 0 Å². The Labute approximate surface area is 119 Å². The van der Waals surface area contributed by atoms with Gasteiger partial charge in [-0.1, -0.05) is 23.5 Å². The van der Waals surface area contributed by atoms with Crippen molar-refractivity contribution < 1.29 is 4.79 Å². The van der Waals surface area contributed by atoms with Gasteiger partial charge in [-0.3, -0.25) is 4.79 Å². The van der Waals surface area contributed by atoms with Crippen LogP contribution < -0.4 is 9.80 Å². The van der Waals surface area contributed by atoms with Crippen molar-refractivity contribution >= 4 is 40.2 Å². The minimum Gasteiger partial charge on any atom is -0.371 e. The molecule has 1 amide bonds. The molecule has 1 aromatic heterocycles. The molecule has 2 heterocycles. The second kappa shape index (κ2) is 4.79. The van der Waals surface area contributed by atoms with Crippen molar-refractivity contribution in [2.75, 3.05) is 29.9 Å². The molecule has 1 aliphatic rings. The van der Waals surface area contributed by atoms with Crippen LogP contribution in [0.5, 0.6) is 0 Å². The van der Waals surface area contributed by atoms with Gasteiger partial charge in [0.15, 0.2) is 0 Å². The highest BCUT2D eigenvalue weighted by Crippen LogP contribution is 2.33. The van der Waals surface area contributed by atoms with Gasteiger partial charge in [0.25, 0.3) is 5.91 Å². The first-order chi connectivity index (χ1) is 9.16. The van der Waals surface area contributed by atoms with Crippen molar-refractivity contribution in [2.24, 2.45) is 0 Å². The average Bonchev–Trinajstić information content (AvgIpc) is 2.86. The van der Waals surface area contributed by atoms with Crippen molar-refractivity contribution in [1.29, 1.82) is 0 Å². The zero-order valence-electron chi connectivity index (χ0n) is 10.2. The number of hydrogen-bond donors (Lipinski definition) is 0. The number of benzene rings is 1. The van der Waals surface area contributed by atoms with Crippen LogP contribution in [0.25, 0.3) is 0 Å². The molecule has 0 unspecified atom stereocenters. The Balaban J connectivity index is 1.98. The summed E-state index contributed by atoms with van der Waals surface area (Å²) < 4.78 is 0.283. The van der Waals surface area contributed by atoms with Crippen molar-refractivity contribution in [3.05, 3.63) is 33.7 Å². The molecule has 0 aliphatic carbocycles. The van der Waals surface area contributed by atoms with Crippen LogP contribution >= 0.6 is 22.9 Å². The first-order valence-corrected chi connectivity index (χ1v) is 6.97. The highest BCUT2D eigenvalue weighted by atomic mass is 35.5. The molecule has 0 spiro atoms. The summed E-state index contributed by atoms with van der Waals surface area (Å²) in [4.78, 5) is 16.3. The summed E-state index contributed by atoms with van der Waals surface area (Å²) in [5, 5.41) is 7.82. The number of halogens is 1. The molecule has 1 aromatic carbocycles. The molecule has 0 fully saturated rings. The fourth-order valence-corrected chi connectivity index (χ4v) is 2.90. The van der Waals surface area contributed by atoms with Gasteiger partial charge in [0, 0.05) is 20.1 Å². The minimum absolute atomic E-state index is 0.148. The standard InChI is InChI=1S/C12H11ClN4OS/c1-16-6-7-17(9-5-3-2-4-8(9)16)11(18)10-14-15-12(13)19-10/h2-5H,6-7H2,1H3. The van der Waals surface area contributed by atoms with Crippen LogP contribution in [0.4, 0.5) is 11.4 Å². The number of fused-ring (bicyclic) bond motifs is 1. The summed E-state index contributed by atoms with van der Waals surface area (Å²) in [5.41, 5.74) is 1.94. The van der Waals surface area contributed by atoms with E-state index in [-0.39, 0.29) is 10.4 Å². The largest absolute Gasteiger partial charge is 0.371 e. The van der Waals surface area contributed by atoms with Crippen LogP contribution in [0.15, 0.2) is 24.3 Å². The van der Waals surface area contributed by atoms with Crippen molar-refractivity contribution in [1.82, 2.24) is 10.2 Å². The molecule has 0 atom stereocenters. The molecular formula is C12H11ClN4OS. The maximum absolute atomic E-state index is 12.4. The van der Waals surface area contributed by atoms with Crippen LogP contribution in [0, 0.1) is 0 Å². The van der Waals surface area contributed by atoms with E-state index in [0.717, 1.165) is 29.3 Å². The Morgan fingerprint density at radius 3 is 2.68 bits per heavy atom. The number of aromatic nitrogens is 2. The number of rotatable bonds is 1. The van der Waals surface area contributed by atoms with E-state index >= 15 is 0 Å². The normalized spacial score (nSPS) is 14.4. The maximum Gasteiger partial charge on any atom is 0.289 e. The molecule has 1 aliphatic heterocycles. The van der Waals surface area contributed by atoms with Crippen molar-refractivity contribution in [3.8, 4) is 0 Å². The van der Waals surface area contributed by atoms with Gasteiger partial charge in [-0.15, -0.1) is 10.2 Å². The lowest BCUT2D eigenvalue weighted by Gasteiger charge is -2.35. The van der Waals surface area contributed by atoms with E-state index < -0.39 is 0 Å². The lowest BCUT2D eigenvalue weighted by atomic mass is 10.1. The number of carbonyl (C=O) groups excluding carboxylic acids is 1. The lowest BCUT2D eigenvalue weighted by molar-refractivity contribution is 0.0985. The predicted octanol–water partition coefficient (Wildman–Crippen LogP) is 2.29. The van der Waals surface area contributed by atoms with Crippen LogP contribution in [-0.4, -0.2) is 36.2 Å². The molecule has 0 saturated heterocycles. The molecule has 2 aromatic rings. The topological polar surface area (TPSA) is 49.3 Å². The summed E-state index contributed by atoms with van der Waals surface area (Å²) in [6.07, 6.45) is 0. The molecule has 98 valence electrons. The van der Waals surface area contributed by atoms with Crippen LogP contribution in [0.2, 0.25) is 4.47 Å². The highest BCUT2D eigenvalue weighted by molar-refractivity contribution is 7.17. The van der Waals surface area contributed by atoms with Gasteiger partial charge in [0.05, 0.1) is 11.4 Å². The average molecular weight is 295 g/mol. The third-order valence-corrected chi connectivity index (χ3v) is 4.08. The monoisotopic (exact) mass is 294 g/mol. The predicted molar refractivity (Wildman–Crippen MR) is 76.3 cm³/mol. The van der Waals surface area contributed by atoms with Crippen LogP contribution in [0.1, 0.15) is 9.80 Å². The quantitative estimate of drug-likeness (QED) is 0.810. The smallest absolute Gasteiger partial charge is 0.289 e. The first-order valence-electron chi connectivity index (χ1n) is 5.78. The molecule has 19 heavy (non-hydrogen) atoms. The van der Waals surface area contributed by atoms with Crippen LogP contribution in [0.3, 0.4) is 0 Å². The van der Waals surface area contributed by atoms with Gasteiger partial charge in [0.1, 0.15) is 0 Å². The second-order valence-electron chi connectivity index (χ2n) is 4.23. The molecule has 0 N–H and O–H groups in total. The maximum atomic E-state index is 12.4. The zero-order valence-corrected chi connectivity index (χ0v) is 11.8. The SMILES string of the molecule is CN1CCN(C(=O)c2nnc(Cl)s2)c2ccccc21. The van der Waals surface area contributed by atoms with Gasteiger partial charge in [-0.05, 0) is 23.7 Å². The number of likely N-dealkylation sites (N-methyl/N-ethyl adjacent to an activating group) is 1. The fourth-order valence-electron chi connectivity index (χ4n) is 2.12. The van der Waals surface area contributed by atoms with E-state index in [1.54, 1.807) is 4.90 Å². The number of anilines is 2. The summed E-state index contributed by atoms with van der Waals surface area (Å²) in [5.74, 6) is -0.148. The van der Waals surface area contributed by atoms with Gasteiger partial charge in [-0.2, -0.15) is 0 Å². The number of hydrogen-bond acceptors (Lipinski definition) is 5. The van der Waals surface area contributed by atoms with E-state index in [1.807, 2.05) is 31.3 Å². The molecule has 3 rings (SSSR count). The first kappa shape index (κ1) is 12.4. The van der Waals surface area contributed by atoms with Gasteiger partial charge >= 0.3 is 0 Å².